The molecule has 0 saturated heterocycles. The summed E-state index contributed by atoms with van der Waals surface area (Å²) in [5, 5.41) is 19.9. The summed E-state index contributed by atoms with van der Waals surface area (Å²) in [6, 6.07) is 2.58. The molecule has 0 spiro atoms. The molecule has 0 heterocycles. The molecule has 0 aliphatic heterocycles. The molecule has 0 aromatic heterocycles. The van der Waals surface area contributed by atoms with Gasteiger partial charge in [-0.3, -0.25) is 14.9 Å². The van der Waals surface area contributed by atoms with Gasteiger partial charge in [-0.2, -0.15) is 0 Å². The van der Waals surface area contributed by atoms with E-state index in [0.717, 1.165) is 11.0 Å². The number of hydrogen-bond acceptors (Lipinski definition) is 5. The van der Waals surface area contributed by atoms with E-state index in [1.54, 1.807) is 6.92 Å². The van der Waals surface area contributed by atoms with Crippen molar-refractivity contribution in [2.45, 2.75) is 19.4 Å². The van der Waals surface area contributed by atoms with Crippen molar-refractivity contribution in [2.75, 3.05) is 14.2 Å². The van der Waals surface area contributed by atoms with Crippen molar-refractivity contribution in [3.05, 3.63) is 33.9 Å². The highest BCUT2D eigenvalue weighted by atomic mass is 16.6. The van der Waals surface area contributed by atoms with Crippen molar-refractivity contribution in [3.8, 4) is 5.75 Å². The van der Waals surface area contributed by atoms with Crippen LogP contribution in [0.15, 0.2) is 18.2 Å². The monoisotopic (exact) mass is 296 g/mol. The fourth-order valence-electron chi connectivity index (χ4n) is 1.92. The maximum Gasteiger partial charge on any atom is 0.326 e. The Morgan fingerprint density at radius 1 is 1.48 bits per heavy atom. The quantitative estimate of drug-likeness (QED) is 0.629. The highest BCUT2D eigenvalue weighted by molar-refractivity contribution is 5.99. The first-order valence-corrected chi connectivity index (χ1v) is 6.15. The number of nitro groups is 1. The fraction of sp³-hybridized carbons (Fsp3) is 0.385. The van der Waals surface area contributed by atoms with Crippen molar-refractivity contribution in [2.24, 2.45) is 0 Å². The van der Waals surface area contributed by atoms with Gasteiger partial charge < -0.3 is 14.7 Å². The number of methoxy groups -OCH3 is 1. The average molecular weight is 296 g/mol. The van der Waals surface area contributed by atoms with Crippen LogP contribution in [0.3, 0.4) is 0 Å². The summed E-state index contributed by atoms with van der Waals surface area (Å²) >= 11 is 0. The van der Waals surface area contributed by atoms with Crippen LogP contribution >= 0.6 is 0 Å². The summed E-state index contributed by atoms with van der Waals surface area (Å²) in [6.45, 7) is 1.63. The normalized spacial score (nSPS) is 11.6. The third-order valence-electron chi connectivity index (χ3n) is 3.08. The first-order valence-electron chi connectivity index (χ1n) is 6.15. The molecule has 8 heteroatoms. The van der Waals surface area contributed by atoms with Crippen LogP contribution in [-0.4, -0.2) is 47.0 Å². The number of rotatable bonds is 6. The maximum absolute atomic E-state index is 12.4. The van der Waals surface area contributed by atoms with E-state index in [1.807, 2.05) is 0 Å². The van der Waals surface area contributed by atoms with Crippen LogP contribution in [0.25, 0.3) is 0 Å². The van der Waals surface area contributed by atoms with Crippen molar-refractivity contribution in [1.82, 2.24) is 4.90 Å². The lowest BCUT2D eigenvalue weighted by Gasteiger charge is -2.24. The standard InChI is InChI=1S/C13H16N2O6/c1-4-10(13(17)18)14(2)12(16)9-7-8(15(19)20)5-6-11(9)21-3/h5-7,10H,4H2,1-3H3,(H,17,18). The van der Waals surface area contributed by atoms with Gasteiger partial charge in [0, 0.05) is 19.2 Å². The van der Waals surface area contributed by atoms with Crippen LogP contribution in [0.5, 0.6) is 5.75 Å². The van der Waals surface area contributed by atoms with Gasteiger partial charge in [0.05, 0.1) is 17.6 Å². The Labute approximate surface area is 121 Å². The van der Waals surface area contributed by atoms with Crippen molar-refractivity contribution in [3.63, 3.8) is 0 Å². The first-order chi connectivity index (χ1) is 9.83. The van der Waals surface area contributed by atoms with Gasteiger partial charge in [-0.1, -0.05) is 6.92 Å². The summed E-state index contributed by atoms with van der Waals surface area (Å²) in [6.07, 6.45) is 0.217. The van der Waals surface area contributed by atoms with E-state index in [2.05, 4.69) is 0 Å². The third-order valence-corrected chi connectivity index (χ3v) is 3.08. The van der Waals surface area contributed by atoms with Gasteiger partial charge in [-0.05, 0) is 12.5 Å². The number of carboxylic acid groups (broad SMARTS) is 1. The second-order valence-corrected chi connectivity index (χ2v) is 4.32. The molecule has 0 saturated carbocycles. The minimum atomic E-state index is -1.14. The predicted octanol–water partition coefficient (Wildman–Crippen LogP) is 1.54. The Kier molecular flexibility index (Phi) is 5.23. The molecule has 1 unspecified atom stereocenters. The Balaban J connectivity index is 3.24. The number of aliphatic carboxylic acids is 1. The van der Waals surface area contributed by atoms with Crippen LogP contribution in [0, 0.1) is 10.1 Å². The minimum absolute atomic E-state index is 0.0473. The van der Waals surface area contributed by atoms with Gasteiger partial charge in [0.1, 0.15) is 11.8 Å². The average Bonchev–Trinajstić information content (AvgIpc) is 2.45. The number of likely N-dealkylation sites (N-methyl/N-ethyl adjacent to an activating group) is 1. The molecule has 1 aromatic carbocycles. The number of carbonyl (C=O) groups excluding carboxylic acids is 1. The number of ether oxygens (including phenoxy) is 1. The van der Waals surface area contributed by atoms with Gasteiger partial charge in [0.25, 0.3) is 11.6 Å². The second-order valence-electron chi connectivity index (χ2n) is 4.32. The first kappa shape index (κ1) is 16.4. The number of nitro benzene ring substituents is 1. The van der Waals surface area contributed by atoms with Crippen molar-refractivity contribution >= 4 is 17.6 Å². The number of hydrogen-bond donors (Lipinski definition) is 1. The van der Waals surface area contributed by atoms with Crippen molar-refractivity contribution in [1.29, 1.82) is 0 Å². The zero-order valence-corrected chi connectivity index (χ0v) is 11.9. The van der Waals surface area contributed by atoms with E-state index in [1.165, 1.54) is 26.3 Å². The number of nitrogens with zero attached hydrogens (tertiary/aromatic N) is 2. The molecule has 114 valence electrons. The summed E-state index contributed by atoms with van der Waals surface area (Å²) in [4.78, 5) is 34.7. The van der Waals surface area contributed by atoms with Crippen LogP contribution < -0.4 is 4.74 Å². The minimum Gasteiger partial charge on any atom is -0.496 e. The zero-order valence-electron chi connectivity index (χ0n) is 11.9. The predicted molar refractivity (Wildman–Crippen MR) is 73.5 cm³/mol. The van der Waals surface area contributed by atoms with Crippen LogP contribution in [-0.2, 0) is 4.79 Å². The fourth-order valence-corrected chi connectivity index (χ4v) is 1.92. The van der Waals surface area contributed by atoms with E-state index in [9.17, 15) is 19.7 Å². The number of carboxylic acids is 1. The molecule has 0 radical (unpaired) electrons. The maximum atomic E-state index is 12.4. The second kappa shape index (κ2) is 6.69. The Hall–Kier alpha value is -2.64. The molecular formula is C13H16N2O6. The Morgan fingerprint density at radius 3 is 2.52 bits per heavy atom. The molecular weight excluding hydrogens is 280 g/mol. The van der Waals surface area contributed by atoms with Crippen molar-refractivity contribution < 1.29 is 24.4 Å². The third kappa shape index (κ3) is 3.47. The number of amides is 1. The summed E-state index contributed by atoms with van der Waals surface area (Å²) in [5.41, 5.74) is -0.315. The van der Waals surface area contributed by atoms with E-state index >= 15 is 0 Å². The lowest BCUT2D eigenvalue weighted by Crippen LogP contribution is -2.42. The molecule has 0 aliphatic carbocycles. The zero-order chi connectivity index (χ0) is 16.2. The highest BCUT2D eigenvalue weighted by Crippen LogP contribution is 2.25. The number of benzene rings is 1. The topological polar surface area (TPSA) is 110 Å². The van der Waals surface area contributed by atoms with Gasteiger partial charge in [-0.15, -0.1) is 0 Å². The molecule has 1 rings (SSSR count). The van der Waals surface area contributed by atoms with Crippen LogP contribution in [0.1, 0.15) is 23.7 Å². The van der Waals surface area contributed by atoms with Gasteiger partial charge in [-0.25, -0.2) is 4.79 Å². The van der Waals surface area contributed by atoms with Gasteiger partial charge >= 0.3 is 5.97 Å². The Morgan fingerprint density at radius 2 is 2.10 bits per heavy atom. The highest BCUT2D eigenvalue weighted by Gasteiger charge is 2.28. The molecule has 8 nitrogen and oxygen atoms in total. The largest absolute Gasteiger partial charge is 0.496 e. The van der Waals surface area contributed by atoms with Gasteiger partial charge in [0.15, 0.2) is 0 Å². The smallest absolute Gasteiger partial charge is 0.326 e. The summed E-state index contributed by atoms with van der Waals surface area (Å²) in [5.74, 6) is -1.64. The summed E-state index contributed by atoms with van der Waals surface area (Å²) in [7, 11) is 2.66. The van der Waals surface area contributed by atoms with Crippen LogP contribution in [0.2, 0.25) is 0 Å². The van der Waals surface area contributed by atoms with Crippen LogP contribution in [0.4, 0.5) is 5.69 Å². The SMILES string of the molecule is CCC(C(=O)O)N(C)C(=O)c1cc([N+](=O)[O-])ccc1OC. The van der Waals surface area contributed by atoms with E-state index < -0.39 is 22.8 Å². The Bertz CT molecular complexity index is 572. The van der Waals surface area contributed by atoms with E-state index in [0.29, 0.717) is 0 Å². The van der Waals surface area contributed by atoms with E-state index in [-0.39, 0.29) is 23.4 Å². The number of carbonyl (C=O) groups is 2. The lowest BCUT2D eigenvalue weighted by atomic mass is 10.1. The molecule has 1 atom stereocenters. The molecule has 0 fully saturated rings. The van der Waals surface area contributed by atoms with E-state index in [4.69, 9.17) is 9.84 Å². The molecule has 1 aromatic rings. The molecule has 1 N–H and O–H groups in total. The number of non-ortho nitro benzene ring substituents is 1. The van der Waals surface area contributed by atoms with Gasteiger partial charge in [0.2, 0.25) is 0 Å². The molecule has 1 amide bonds. The molecule has 21 heavy (non-hydrogen) atoms. The molecule has 0 bridgehead atoms. The molecule has 0 aliphatic rings. The lowest BCUT2D eigenvalue weighted by molar-refractivity contribution is -0.384. The summed E-state index contributed by atoms with van der Waals surface area (Å²) < 4.78 is 5.01.